The summed E-state index contributed by atoms with van der Waals surface area (Å²) >= 11 is 0. The number of carbonyl (C=O) groups excluding carboxylic acids is 1. The van der Waals surface area contributed by atoms with Gasteiger partial charge in [0.25, 0.3) is 5.91 Å². The molecular weight excluding hydrogens is 364 g/mol. The Morgan fingerprint density at radius 1 is 1.30 bits per heavy atom. The molecule has 1 saturated carbocycles. The number of nitrogens with one attached hydrogen (secondary N) is 2. The van der Waals surface area contributed by atoms with Crippen molar-refractivity contribution >= 4 is 15.9 Å². The average molecular weight is 391 g/mol. The van der Waals surface area contributed by atoms with Gasteiger partial charge in [-0.2, -0.15) is 5.10 Å². The molecule has 0 unspecified atom stereocenters. The lowest BCUT2D eigenvalue weighted by Gasteiger charge is -2.14. The molecule has 1 fully saturated rings. The number of hydrogen-bond acceptors (Lipinski definition) is 4. The lowest BCUT2D eigenvalue weighted by atomic mass is 10.1. The van der Waals surface area contributed by atoms with Gasteiger partial charge in [-0.15, -0.1) is 0 Å². The van der Waals surface area contributed by atoms with Crippen molar-refractivity contribution in [3.8, 4) is 0 Å². The lowest BCUT2D eigenvalue weighted by Crippen LogP contribution is -2.31. The molecule has 2 N–H and O–H groups in total. The zero-order chi connectivity index (χ0) is 19.6. The summed E-state index contributed by atoms with van der Waals surface area (Å²) in [4.78, 5) is 12.6. The van der Waals surface area contributed by atoms with Crippen LogP contribution in [0.1, 0.15) is 41.5 Å². The molecule has 0 saturated heterocycles. The zero-order valence-corrected chi connectivity index (χ0v) is 16.7. The zero-order valence-electron chi connectivity index (χ0n) is 15.9. The van der Waals surface area contributed by atoms with Crippen LogP contribution in [0.3, 0.4) is 0 Å². The van der Waals surface area contributed by atoms with E-state index >= 15 is 0 Å². The minimum absolute atomic E-state index is 0.0303. The summed E-state index contributed by atoms with van der Waals surface area (Å²) in [6.07, 6.45) is 1.74. The van der Waals surface area contributed by atoms with E-state index in [0.29, 0.717) is 18.7 Å². The summed E-state index contributed by atoms with van der Waals surface area (Å²) < 4.78 is 29.2. The van der Waals surface area contributed by atoms with Gasteiger partial charge in [-0.1, -0.05) is 13.0 Å². The van der Waals surface area contributed by atoms with Crippen molar-refractivity contribution < 1.29 is 13.2 Å². The van der Waals surface area contributed by atoms with Crippen molar-refractivity contribution in [3.05, 3.63) is 47.3 Å². The molecule has 0 spiro atoms. The molecule has 0 aliphatic heterocycles. The van der Waals surface area contributed by atoms with E-state index in [9.17, 15) is 13.2 Å². The number of rotatable bonds is 8. The number of amides is 1. The van der Waals surface area contributed by atoms with Crippen LogP contribution in [0.25, 0.3) is 0 Å². The maximum Gasteiger partial charge on any atom is 0.251 e. The van der Waals surface area contributed by atoms with Crippen LogP contribution < -0.4 is 10.0 Å². The Hall–Kier alpha value is -2.19. The lowest BCUT2D eigenvalue weighted by molar-refractivity contribution is 0.0946. The Kier molecular flexibility index (Phi) is 5.67. The van der Waals surface area contributed by atoms with E-state index in [0.717, 1.165) is 24.2 Å². The molecule has 2 aromatic rings. The first-order valence-electron chi connectivity index (χ1n) is 9.16. The van der Waals surface area contributed by atoms with Gasteiger partial charge in [0.15, 0.2) is 0 Å². The molecule has 1 aliphatic carbocycles. The molecule has 1 heterocycles. The molecule has 1 aliphatic rings. The minimum Gasteiger partial charge on any atom is -0.352 e. The topological polar surface area (TPSA) is 93.1 Å². The van der Waals surface area contributed by atoms with Gasteiger partial charge in [0.2, 0.25) is 10.0 Å². The van der Waals surface area contributed by atoms with Crippen molar-refractivity contribution in [2.24, 2.45) is 5.92 Å². The fourth-order valence-corrected chi connectivity index (χ4v) is 4.23. The van der Waals surface area contributed by atoms with Crippen molar-refractivity contribution in [2.75, 3.05) is 6.54 Å². The van der Waals surface area contributed by atoms with Gasteiger partial charge >= 0.3 is 0 Å². The first-order valence-corrected chi connectivity index (χ1v) is 10.6. The fourth-order valence-electron chi connectivity index (χ4n) is 2.88. The summed E-state index contributed by atoms with van der Waals surface area (Å²) in [6, 6.07) is 8.20. The van der Waals surface area contributed by atoms with E-state index < -0.39 is 10.0 Å². The van der Waals surface area contributed by atoms with Crippen molar-refractivity contribution in [1.29, 1.82) is 0 Å². The SMILES string of the molecule is Cc1cc(C)n(C[C@H](C)CNC(=O)c2cccc(S(=O)(=O)NC3CC3)c2)n1. The minimum atomic E-state index is -3.57. The standard InChI is InChI=1S/C19H26N4O3S/c1-13(12-23-15(3)9-14(2)21-23)11-20-19(24)16-5-4-6-18(10-16)27(25,26)22-17-7-8-17/h4-6,9-10,13,17,22H,7-8,11-12H2,1-3H3,(H,20,24)/t13-/m1/s1. The number of nitrogens with zero attached hydrogens (tertiary/aromatic N) is 2. The van der Waals surface area contributed by atoms with Crippen LogP contribution in [0.5, 0.6) is 0 Å². The third kappa shape index (κ3) is 5.17. The number of aryl methyl sites for hydroxylation is 2. The Labute approximate surface area is 160 Å². The molecule has 7 nitrogen and oxygen atoms in total. The van der Waals surface area contributed by atoms with E-state index in [1.54, 1.807) is 12.1 Å². The van der Waals surface area contributed by atoms with Crippen molar-refractivity contribution in [3.63, 3.8) is 0 Å². The predicted octanol–water partition coefficient (Wildman–Crippen LogP) is 2.01. The second-order valence-corrected chi connectivity index (χ2v) is 9.06. The third-order valence-electron chi connectivity index (χ3n) is 4.50. The Morgan fingerprint density at radius 3 is 2.67 bits per heavy atom. The number of carbonyl (C=O) groups is 1. The molecule has 146 valence electrons. The Bertz CT molecular complexity index is 932. The molecule has 1 amide bonds. The Balaban J connectivity index is 1.59. The van der Waals surface area contributed by atoms with E-state index in [1.165, 1.54) is 12.1 Å². The van der Waals surface area contributed by atoms with E-state index in [-0.39, 0.29) is 22.8 Å². The van der Waals surface area contributed by atoms with Gasteiger partial charge in [0.05, 0.1) is 10.6 Å². The highest BCUT2D eigenvalue weighted by Crippen LogP contribution is 2.22. The molecule has 27 heavy (non-hydrogen) atoms. The van der Waals surface area contributed by atoms with E-state index in [2.05, 4.69) is 15.1 Å². The molecular formula is C19H26N4O3S. The second kappa shape index (κ2) is 7.82. The van der Waals surface area contributed by atoms with Crippen LogP contribution in [0, 0.1) is 19.8 Å². The number of hydrogen-bond donors (Lipinski definition) is 2. The second-order valence-electron chi connectivity index (χ2n) is 7.35. The van der Waals surface area contributed by atoms with Crippen LogP contribution >= 0.6 is 0 Å². The molecule has 3 rings (SSSR count). The van der Waals surface area contributed by atoms with Crippen LogP contribution in [0.15, 0.2) is 35.2 Å². The van der Waals surface area contributed by atoms with Gasteiger partial charge in [-0.3, -0.25) is 9.48 Å². The molecule has 8 heteroatoms. The van der Waals surface area contributed by atoms with Crippen LogP contribution in [0.4, 0.5) is 0 Å². The molecule has 1 atom stereocenters. The number of sulfonamides is 1. The highest BCUT2D eigenvalue weighted by molar-refractivity contribution is 7.89. The van der Waals surface area contributed by atoms with Crippen molar-refractivity contribution in [1.82, 2.24) is 19.8 Å². The van der Waals surface area contributed by atoms with E-state index in [4.69, 9.17) is 0 Å². The first kappa shape index (κ1) is 19.6. The maximum absolute atomic E-state index is 12.4. The van der Waals surface area contributed by atoms with Crippen LogP contribution in [0.2, 0.25) is 0 Å². The summed E-state index contributed by atoms with van der Waals surface area (Å²) in [5.41, 5.74) is 2.40. The average Bonchev–Trinajstić information content (AvgIpc) is 3.36. The summed E-state index contributed by atoms with van der Waals surface area (Å²) in [6.45, 7) is 7.19. The van der Waals surface area contributed by atoms with Gasteiger partial charge in [0.1, 0.15) is 0 Å². The maximum atomic E-state index is 12.4. The predicted molar refractivity (Wildman–Crippen MR) is 103 cm³/mol. The summed E-state index contributed by atoms with van der Waals surface area (Å²) in [5, 5.41) is 7.31. The van der Waals surface area contributed by atoms with Crippen LogP contribution in [-0.4, -0.2) is 36.7 Å². The number of benzene rings is 1. The van der Waals surface area contributed by atoms with Gasteiger partial charge in [-0.25, -0.2) is 13.1 Å². The first-order chi connectivity index (χ1) is 12.7. The smallest absolute Gasteiger partial charge is 0.251 e. The highest BCUT2D eigenvalue weighted by atomic mass is 32.2. The fraction of sp³-hybridized carbons (Fsp3) is 0.474. The van der Waals surface area contributed by atoms with E-state index in [1.807, 2.05) is 31.5 Å². The monoisotopic (exact) mass is 390 g/mol. The molecule has 1 aromatic carbocycles. The number of aromatic nitrogens is 2. The Morgan fingerprint density at radius 2 is 2.04 bits per heavy atom. The van der Waals surface area contributed by atoms with Gasteiger partial charge in [0, 0.05) is 30.4 Å². The van der Waals surface area contributed by atoms with Gasteiger partial charge in [-0.05, 0) is 56.9 Å². The largest absolute Gasteiger partial charge is 0.352 e. The summed E-state index contributed by atoms with van der Waals surface area (Å²) in [5.74, 6) is -0.0888. The highest BCUT2D eigenvalue weighted by Gasteiger charge is 2.28. The normalized spacial score (nSPS) is 15.5. The quantitative estimate of drug-likeness (QED) is 0.721. The molecule has 0 radical (unpaired) electrons. The van der Waals surface area contributed by atoms with Crippen molar-refractivity contribution in [2.45, 2.75) is 51.1 Å². The third-order valence-corrected chi connectivity index (χ3v) is 6.02. The molecule has 0 bridgehead atoms. The molecule has 1 aromatic heterocycles. The van der Waals surface area contributed by atoms with Gasteiger partial charge < -0.3 is 5.32 Å². The summed E-state index contributed by atoms with van der Waals surface area (Å²) in [7, 11) is -3.57. The van der Waals surface area contributed by atoms with Crippen LogP contribution in [-0.2, 0) is 16.6 Å².